The lowest BCUT2D eigenvalue weighted by molar-refractivity contribution is -0.141. The van der Waals surface area contributed by atoms with E-state index >= 15 is 0 Å². The molecule has 0 saturated carbocycles. The zero-order valence-corrected chi connectivity index (χ0v) is 14.1. The molecule has 0 amide bonds. The van der Waals surface area contributed by atoms with Gasteiger partial charge in [0, 0.05) is 17.9 Å². The first-order valence-electron chi connectivity index (χ1n) is 7.87. The lowest BCUT2D eigenvalue weighted by atomic mass is 10.1. The number of carbonyl (C=O) groups excluding carboxylic acids is 1. The van der Waals surface area contributed by atoms with E-state index in [0.717, 1.165) is 10.9 Å². The van der Waals surface area contributed by atoms with E-state index in [9.17, 15) is 9.59 Å². The molecule has 0 aliphatic rings. The third-order valence-electron chi connectivity index (χ3n) is 3.86. The van der Waals surface area contributed by atoms with Gasteiger partial charge in [-0.1, -0.05) is 30.3 Å². The molecule has 6 nitrogen and oxygen atoms in total. The summed E-state index contributed by atoms with van der Waals surface area (Å²) in [6.45, 7) is 1.69. The molecule has 0 spiro atoms. The van der Waals surface area contributed by atoms with Crippen LogP contribution in [0.5, 0.6) is 5.75 Å². The van der Waals surface area contributed by atoms with Crippen LogP contribution in [-0.4, -0.2) is 29.2 Å². The maximum atomic E-state index is 12.5. The Bertz CT molecular complexity index is 964. The minimum Gasteiger partial charge on any atom is -0.497 e. The summed E-state index contributed by atoms with van der Waals surface area (Å²) in [7, 11) is 1.59. The number of carbonyl (C=O) groups is 1. The Morgan fingerprint density at radius 1 is 1.16 bits per heavy atom. The van der Waals surface area contributed by atoms with Crippen molar-refractivity contribution < 1.29 is 14.3 Å². The molecule has 0 atom stereocenters. The molecule has 1 heterocycles. The summed E-state index contributed by atoms with van der Waals surface area (Å²) in [5.74, 6) is 0.296. The molecule has 6 heteroatoms. The summed E-state index contributed by atoms with van der Waals surface area (Å²) in [5.41, 5.74) is 1.78. The fraction of sp³-hybridized carbons (Fsp3) is 0.211. The number of nitrogens with zero attached hydrogens (tertiary/aromatic N) is 2. The maximum Gasteiger partial charge on any atom is 0.348 e. The highest BCUT2D eigenvalue weighted by Crippen LogP contribution is 2.28. The molecule has 0 saturated heterocycles. The van der Waals surface area contributed by atoms with Gasteiger partial charge in [-0.05, 0) is 18.2 Å². The number of esters is 1. The fourth-order valence-corrected chi connectivity index (χ4v) is 2.70. The number of rotatable bonds is 5. The van der Waals surface area contributed by atoms with Gasteiger partial charge in [-0.3, -0.25) is 9.36 Å². The molecule has 0 aliphatic carbocycles. The molecule has 1 aromatic heterocycles. The minimum atomic E-state index is -0.385. The zero-order valence-electron chi connectivity index (χ0n) is 14.1. The SMILES string of the molecule is COc1ccc2c(c1)c(-c1ccccc1)nc(=O)n2CCOC(C)=O. The van der Waals surface area contributed by atoms with Crippen LogP contribution in [0.25, 0.3) is 22.2 Å². The quantitative estimate of drug-likeness (QED) is 0.669. The number of aromatic nitrogens is 2. The van der Waals surface area contributed by atoms with E-state index in [4.69, 9.17) is 9.47 Å². The normalized spacial score (nSPS) is 10.6. The van der Waals surface area contributed by atoms with Crippen molar-refractivity contribution in [3.05, 3.63) is 59.0 Å². The summed E-state index contributed by atoms with van der Waals surface area (Å²) in [5, 5.41) is 0.799. The van der Waals surface area contributed by atoms with Crippen LogP contribution in [-0.2, 0) is 16.1 Å². The minimum absolute atomic E-state index is 0.114. The first-order chi connectivity index (χ1) is 12.1. The predicted octanol–water partition coefficient (Wildman–Crippen LogP) is 2.64. The van der Waals surface area contributed by atoms with Crippen LogP contribution in [0.4, 0.5) is 0 Å². The van der Waals surface area contributed by atoms with E-state index in [0.29, 0.717) is 17.0 Å². The molecule has 128 valence electrons. The molecule has 0 bridgehead atoms. The fourth-order valence-electron chi connectivity index (χ4n) is 2.70. The van der Waals surface area contributed by atoms with E-state index in [2.05, 4.69) is 4.98 Å². The molecular formula is C19H18N2O4. The highest BCUT2D eigenvalue weighted by atomic mass is 16.5. The largest absolute Gasteiger partial charge is 0.497 e. The highest BCUT2D eigenvalue weighted by molar-refractivity contribution is 5.93. The van der Waals surface area contributed by atoms with Crippen molar-refractivity contribution in [1.82, 2.24) is 9.55 Å². The standard InChI is InChI=1S/C19H18N2O4/c1-13(22)25-11-10-21-17-9-8-15(24-2)12-16(17)18(20-19(21)23)14-6-4-3-5-7-14/h3-9,12H,10-11H2,1-2H3. The molecule has 2 aromatic carbocycles. The molecular weight excluding hydrogens is 320 g/mol. The van der Waals surface area contributed by atoms with Gasteiger partial charge in [0.25, 0.3) is 0 Å². The summed E-state index contributed by atoms with van der Waals surface area (Å²) in [6, 6.07) is 15.0. The van der Waals surface area contributed by atoms with Crippen molar-refractivity contribution >= 4 is 16.9 Å². The number of methoxy groups -OCH3 is 1. The molecule has 3 rings (SSSR count). The van der Waals surface area contributed by atoms with Crippen molar-refractivity contribution in [2.24, 2.45) is 0 Å². The lowest BCUT2D eigenvalue weighted by Crippen LogP contribution is -2.26. The monoisotopic (exact) mass is 338 g/mol. The first kappa shape index (κ1) is 16.7. The van der Waals surface area contributed by atoms with Gasteiger partial charge in [0.2, 0.25) is 0 Å². The van der Waals surface area contributed by atoms with Gasteiger partial charge in [0.15, 0.2) is 0 Å². The van der Waals surface area contributed by atoms with Crippen LogP contribution < -0.4 is 10.4 Å². The smallest absolute Gasteiger partial charge is 0.348 e. The van der Waals surface area contributed by atoms with E-state index in [1.165, 1.54) is 11.5 Å². The van der Waals surface area contributed by atoms with E-state index in [-0.39, 0.29) is 24.8 Å². The van der Waals surface area contributed by atoms with Crippen molar-refractivity contribution in [3.63, 3.8) is 0 Å². The van der Waals surface area contributed by atoms with Gasteiger partial charge in [0.1, 0.15) is 12.4 Å². The van der Waals surface area contributed by atoms with Gasteiger partial charge in [-0.15, -0.1) is 0 Å². The predicted molar refractivity (Wildman–Crippen MR) is 94.6 cm³/mol. The summed E-state index contributed by atoms with van der Waals surface area (Å²) < 4.78 is 11.8. The Balaban J connectivity index is 2.18. The molecule has 0 fully saturated rings. The van der Waals surface area contributed by atoms with Crippen LogP contribution in [0.2, 0.25) is 0 Å². The van der Waals surface area contributed by atoms with E-state index < -0.39 is 0 Å². The van der Waals surface area contributed by atoms with Crippen LogP contribution >= 0.6 is 0 Å². The lowest BCUT2D eigenvalue weighted by Gasteiger charge is -2.13. The second kappa shape index (κ2) is 7.17. The number of fused-ring (bicyclic) bond motifs is 1. The van der Waals surface area contributed by atoms with Crippen LogP contribution in [0.1, 0.15) is 6.92 Å². The Hall–Kier alpha value is -3.15. The Kier molecular flexibility index (Phi) is 4.79. The van der Waals surface area contributed by atoms with Crippen LogP contribution in [0, 0.1) is 0 Å². The molecule has 0 N–H and O–H groups in total. The molecule has 0 unspecified atom stereocenters. The van der Waals surface area contributed by atoms with Crippen molar-refractivity contribution in [1.29, 1.82) is 0 Å². The average molecular weight is 338 g/mol. The van der Waals surface area contributed by atoms with Gasteiger partial charge in [-0.2, -0.15) is 4.98 Å². The van der Waals surface area contributed by atoms with Gasteiger partial charge >= 0.3 is 11.7 Å². The number of ether oxygens (including phenoxy) is 2. The van der Waals surface area contributed by atoms with Gasteiger partial charge in [0.05, 0.1) is 24.9 Å². The molecule has 0 aliphatic heterocycles. The first-order valence-corrected chi connectivity index (χ1v) is 7.87. The van der Waals surface area contributed by atoms with Gasteiger partial charge in [-0.25, -0.2) is 4.79 Å². The summed E-state index contributed by atoms with van der Waals surface area (Å²) in [6.07, 6.45) is 0. The Morgan fingerprint density at radius 2 is 1.92 bits per heavy atom. The number of hydrogen-bond donors (Lipinski definition) is 0. The van der Waals surface area contributed by atoms with E-state index in [1.807, 2.05) is 42.5 Å². The highest BCUT2D eigenvalue weighted by Gasteiger charge is 2.13. The van der Waals surface area contributed by atoms with Crippen molar-refractivity contribution in [3.8, 4) is 17.0 Å². The topological polar surface area (TPSA) is 70.4 Å². The molecule has 0 radical (unpaired) electrons. The second-order valence-corrected chi connectivity index (χ2v) is 5.48. The zero-order chi connectivity index (χ0) is 17.8. The van der Waals surface area contributed by atoms with E-state index in [1.54, 1.807) is 13.2 Å². The van der Waals surface area contributed by atoms with Crippen LogP contribution in [0.3, 0.4) is 0 Å². The number of hydrogen-bond acceptors (Lipinski definition) is 5. The van der Waals surface area contributed by atoms with Crippen molar-refractivity contribution in [2.45, 2.75) is 13.5 Å². The molecule has 3 aromatic rings. The summed E-state index contributed by atoms with van der Waals surface area (Å²) in [4.78, 5) is 27.8. The Morgan fingerprint density at radius 3 is 2.60 bits per heavy atom. The second-order valence-electron chi connectivity index (χ2n) is 5.48. The van der Waals surface area contributed by atoms with Gasteiger partial charge < -0.3 is 9.47 Å². The average Bonchev–Trinajstić information content (AvgIpc) is 2.63. The third kappa shape index (κ3) is 3.52. The number of benzene rings is 2. The van der Waals surface area contributed by atoms with Crippen LogP contribution in [0.15, 0.2) is 53.3 Å². The maximum absolute atomic E-state index is 12.5. The Labute approximate surface area is 144 Å². The summed E-state index contributed by atoms with van der Waals surface area (Å²) >= 11 is 0. The third-order valence-corrected chi connectivity index (χ3v) is 3.86. The van der Waals surface area contributed by atoms with Crippen molar-refractivity contribution in [2.75, 3.05) is 13.7 Å². The molecule has 25 heavy (non-hydrogen) atoms.